The van der Waals surface area contributed by atoms with Crippen molar-refractivity contribution in [3.8, 4) is 5.75 Å². The van der Waals surface area contributed by atoms with Gasteiger partial charge in [-0.2, -0.15) is 0 Å². The molecule has 0 N–H and O–H groups in total. The number of imide groups is 1. The number of amides is 2. The summed E-state index contributed by atoms with van der Waals surface area (Å²) < 4.78 is 19.4. The number of esters is 1. The lowest BCUT2D eigenvalue weighted by atomic mass is 10.2. The fourth-order valence-electron chi connectivity index (χ4n) is 3.08. The predicted molar refractivity (Wildman–Crippen MR) is 131 cm³/mol. The third-order valence-electron chi connectivity index (χ3n) is 4.79. The monoisotopic (exact) mass is 535 g/mol. The van der Waals surface area contributed by atoms with Gasteiger partial charge in [-0.1, -0.05) is 53.0 Å². The molecule has 10 heteroatoms. The molecule has 0 atom stereocenters. The Balaban J connectivity index is 1.46. The fraction of sp³-hybridized carbons (Fsp3) is 0.0417. The molecule has 1 aliphatic rings. The van der Waals surface area contributed by atoms with Crippen LogP contribution >= 0.6 is 46.6 Å². The Hall–Kier alpha value is -2.84. The van der Waals surface area contributed by atoms with Crippen molar-refractivity contribution in [3.63, 3.8) is 0 Å². The topological polar surface area (TPSA) is 63.7 Å². The van der Waals surface area contributed by atoms with Gasteiger partial charge in [-0.25, -0.2) is 9.18 Å². The van der Waals surface area contributed by atoms with Gasteiger partial charge in [0.05, 0.1) is 22.0 Å². The first kappa shape index (κ1) is 24.3. The minimum atomic E-state index is -0.651. The summed E-state index contributed by atoms with van der Waals surface area (Å²) >= 11 is 18.6. The molecule has 3 aromatic rings. The molecule has 0 unspecified atom stereocenters. The summed E-state index contributed by atoms with van der Waals surface area (Å²) in [7, 11) is 0. The quantitative estimate of drug-likeness (QED) is 0.195. The van der Waals surface area contributed by atoms with Crippen LogP contribution in [-0.4, -0.2) is 22.0 Å². The molecule has 4 rings (SSSR count). The summed E-state index contributed by atoms with van der Waals surface area (Å²) in [4.78, 5) is 38.5. The SMILES string of the molecule is O=C(Oc1ccc(/C=C2\SC(=O)N(Cc3c(F)cccc3Cl)C2=O)cc1)c1ccc(Cl)cc1Cl. The van der Waals surface area contributed by atoms with E-state index in [1.807, 2.05) is 0 Å². The Morgan fingerprint density at radius 2 is 1.74 bits per heavy atom. The largest absolute Gasteiger partial charge is 0.423 e. The third-order valence-corrected chi connectivity index (χ3v) is 6.60. The summed E-state index contributed by atoms with van der Waals surface area (Å²) in [5, 5.41) is 0.169. The lowest BCUT2D eigenvalue weighted by molar-refractivity contribution is -0.123. The van der Waals surface area contributed by atoms with E-state index in [0.29, 0.717) is 10.6 Å². The van der Waals surface area contributed by atoms with Crippen molar-refractivity contribution in [2.24, 2.45) is 0 Å². The maximum absolute atomic E-state index is 14.1. The molecule has 0 aromatic heterocycles. The van der Waals surface area contributed by atoms with Crippen molar-refractivity contribution in [2.75, 3.05) is 0 Å². The maximum Gasteiger partial charge on any atom is 0.345 e. The van der Waals surface area contributed by atoms with Crippen molar-refractivity contribution in [3.05, 3.63) is 103 Å². The summed E-state index contributed by atoms with van der Waals surface area (Å²) in [6.45, 7) is -0.268. The molecule has 34 heavy (non-hydrogen) atoms. The number of thioether (sulfide) groups is 1. The summed E-state index contributed by atoms with van der Waals surface area (Å²) in [5.41, 5.74) is 0.831. The van der Waals surface area contributed by atoms with Gasteiger partial charge in [-0.15, -0.1) is 0 Å². The molecule has 3 aromatic carbocycles. The van der Waals surface area contributed by atoms with Crippen LogP contribution in [0, 0.1) is 5.82 Å². The molecule has 0 saturated carbocycles. The van der Waals surface area contributed by atoms with Gasteiger partial charge in [0, 0.05) is 15.6 Å². The van der Waals surface area contributed by atoms with Crippen molar-refractivity contribution < 1.29 is 23.5 Å². The van der Waals surface area contributed by atoms with Crippen molar-refractivity contribution in [2.45, 2.75) is 6.54 Å². The highest BCUT2D eigenvalue weighted by Crippen LogP contribution is 2.35. The van der Waals surface area contributed by atoms with Crippen LogP contribution in [0.4, 0.5) is 9.18 Å². The standard InChI is InChI=1S/C24H13Cl3FNO4S/c25-14-6-9-16(19(27)11-14)23(31)33-15-7-4-13(5-8-15)10-21-22(30)29(24(32)34-21)12-17-18(26)2-1-3-20(17)28/h1-11H,12H2/b21-10-. The Labute approximate surface area is 213 Å². The normalized spacial score (nSPS) is 14.7. The van der Waals surface area contributed by atoms with Crippen LogP contribution in [0.25, 0.3) is 6.08 Å². The molecular weight excluding hydrogens is 524 g/mol. The minimum absolute atomic E-state index is 0.0691. The van der Waals surface area contributed by atoms with Gasteiger partial charge in [0.1, 0.15) is 11.6 Å². The highest BCUT2D eigenvalue weighted by molar-refractivity contribution is 8.18. The van der Waals surface area contributed by atoms with Crippen LogP contribution in [0.5, 0.6) is 5.75 Å². The zero-order valence-corrected chi connectivity index (χ0v) is 20.1. The number of nitrogens with zero attached hydrogens (tertiary/aromatic N) is 1. The van der Waals surface area contributed by atoms with Gasteiger partial charge < -0.3 is 4.74 Å². The van der Waals surface area contributed by atoms with Crippen LogP contribution in [0.1, 0.15) is 21.5 Å². The Morgan fingerprint density at radius 3 is 2.41 bits per heavy atom. The van der Waals surface area contributed by atoms with Gasteiger partial charge in [-0.05, 0) is 65.9 Å². The molecule has 0 radical (unpaired) electrons. The van der Waals surface area contributed by atoms with E-state index in [1.165, 1.54) is 54.6 Å². The molecule has 2 amide bonds. The molecule has 5 nitrogen and oxygen atoms in total. The minimum Gasteiger partial charge on any atom is -0.423 e. The Morgan fingerprint density at radius 1 is 1.00 bits per heavy atom. The average Bonchev–Trinajstić information content (AvgIpc) is 3.04. The number of hydrogen-bond acceptors (Lipinski definition) is 5. The van der Waals surface area contributed by atoms with E-state index in [2.05, 4.69) is 0 Å². The number of hydrogen-bond donors (Lipinski definition) is 0. The Kier molecular flexibility index (Phi) is 7.28. The van der Waals surface area contributed by atoms with E-state index in [-0.39, 0.29) is 38.4 Å². The summed E-state index contributed by atoms with van der Waals surface area (Å²) in [6.07, 6.45) is 1.52. The van der Waals surface area contributed by atoms with Crippen molar-refractivity contribution >= 4 is 69.8 Å². The fourth-order valence-corrected chi connectivity index (χ4v) is 4.63. The van der Waals surface area contributed by atoms with Crippen LogP contribution in [-0.2, 0) is 11.3 Å². The van der Waals surface area contributed by atoms with E-state index in [0.717, 1.165) is 16.7 Å². The smallest absolute Gasteiger partial charge is 0.345 e. The zero-order valence-electron chi connectivity index (χ0n) is 17.1. The van der Waals surface area contributed by atoms with Gasteiger partial charge in [0.25, 0.3) is 11.1 Å². The molecule has 1 fully saturated rings. The molecular formula is C24H13Cl3FNO4S. The lowest BCUT2D eigenvalue weighted by Crippen LogP contribution is -2.28. The molecule has 1 heterocycles. The number of benzene rings is 3. The van der Waals surface area contributed by atoms with Crippen molar-refractivity contribution in [1.82, 2.24) is 4.90 Å². The van der Waals surface area contributed by atoms with Crippen LogP contribution in [0.15, 0.2) is 65.6 Å². The zero-order chi connectivity index (χ0) is 24.4. The number of carbonyl (C=O) groups is 3. The number of halogens is 4. The molecule has 0 aliphatic carbocycles. The third kappa shape index (κ3) is 5.28. The number of rotatable bonds is 5. The van der Waals surface area contributed by atoms with Crippen molar-refractivity contribution in [1.29, 1.82) is 0 Å². The van der Waals surface area contributed by atoms with E-state index in [4.69, 9.17) is 39.5 Å². The first-order chi connectivity index (χ1) is 16.2. The van der Waals surface area contributed by atoms with E-state index < -0.39 is 22.9 Å². The molecule has 1 saturated heterocycles. The number of carbonyl (C=O) groups excluding carboxylic acids is 3. The highest BCUT2D eigenvalue weighted by Gasteiger charge is 2.35. The Bertz CT molecular complexity index is 1320. The van der Waals surface area contributed by atoms with Crippen LogP contribution < -0.4 is 4.74 Å². The van der Waals surface area contributed by atoms with Gasteiger partial charge >= 0.3 is 5.97 Å². The van der Waals surface area contributed by atoms with E-state index >= 15 is 0 Å². The van der Waals surface area contributed by atoms with Gasteiger partial charge in [0.2, 0.25) is 0 Å². The first-order valence-electron chi connectivity index (χ1n) is 9.68. The molecule has 1 aliphatic heterocycles. The second-order valence-corrected chi connectivity index (χ2v) is 9.29. The summed E-state index contributed by atoms with van der Waals surface area (Å²) in [6, 6.07) is 14.9. The van der Waals surface area contributed by atoms with Gasteiger partial charge in [0.15, 0.2) is 0 Å². The van der Waals surface area contributed by atoms with Gasteiger partial charge in [-0.3, -0.25) is 14.5 Å². The van der Waals surface area contributed by atoms with Crippen LogP contribution in [0.2, 0.25) is 15.1 Å². The highest BCUT2D eigenvalue weighted by atomic mass is 35.5. The average molecular weight is 537 g/mol. The van der Waals surface area contributed by atoms with Crippen LogP contribution in [0.3, 0.4) is 0 Å². The maximum atomic E-state index is 14.1. The second-order valence-electron chi connectivity index (χ2n) is 7.05. The lowest BCUT2D eigenvalue weighted by Gasteiger charge is -2.14. The second kappa shape index (κ2) is 10.2. The molecule has 0 bridgehead atoms. The predicted octanol–water partition coefficient (Wildman–Crippen LogP) is 7.24. The summed E-state index contributed by atoms with van der Waals surface area (Å²) in [5.74, 6) is -1.54. The van der Waals surface area contributed by atoms with E-state index in [9.17, 15) is 18.8 Å². The van der Waals surface area contributed by atoms with E-state index in [1.54, 1.807) is 12.1 Å². The number of ether oxygens (including phenoxy) is 1. The first-order valence-corrected chi connectivity index (χ1v) is 11.6. The molecule has 172 valence electrons. The molecule has 0 spiro atoms.